The number of amides is 2. The number of carbonyl (C=O) groups is 2. The Morgan fingerprint density at radius 3 is 2.74 bits per heavy atom. The molecule has 1 heterocycles. The summed E-state index contributed by atoms with van der Waals surface area (Å²) in [5.74, 6) is -2.21. The summed E-state index contributed by atoms with van der Waals surface area (Å²) in [6.45, 7) is 5.97. The number of methoxy groups -OCH3 is 1. The molecule has 1 aliphatic heterocycles. The molecule has 1 atom stereocenters. The van der Waals surface area contributed by atoms with Gasteiger partial charge < -0.3 is 20.3 Å². The van der Waals surface area contributed by atoms with Crippen molar-refractivity contribution in [1.82, 2.24) is 10.2 Å². The molecule has 0 saturated carbocycles. The number of hydrogen-bond donors (Lipinski definition) is 2. The monoisotopic (exact) mass is 383 g/mol. The van der Waals surface area contributed by atoms with Crippen molar-refractivity contribution in [3.05, 3.63) is 29.3 Å². The van der Waals surface area contributed by atoms with Crippen LogP contribution in [0.4, 0.5) is 19.3 Å². The lowest BCUT2D eigenvalue weighted by molar-refractivity contribution is 0.0595. The fourth-order valence-electron chi connectivity index (χ4n) is 3.23. The van der Waals surface area contributed by atoms with Gasteiger partial charge in [0.15, 0.2) is 0 Å². The van der Waals surface area contributed by atoms with Crippen LogP contribution in [0, 0.1) is 17.6 Å². The van der Waals surface area contributed by atoms with Crippen LogP contribution in [0.25, 0.3) is 0 Å². The van der Waals surface area contributed by atoms with Gasteiger partial charge >= 0.3 is 12.0 Å². The molecule has 2 amide bonds. The molecule has 2 N–H and O–H groups in total. The van der Waals surface area contributed by atoms with E-state index in [1.54, 1.807) is 0 Å². The number of rotatable bonds is 7. The Kier molecular flexibility index (Phi) is 7.97. The average molecular weight is 383 g/mol. The lowest BCUT2D eigenvalue weighted by Crippen LogP contribution is -2.35. The van der Waals surface area contributed by atoms with Crippen molar-refractivity contribution >= 4 is 17.7 Å². The van der Waals surface area contributed by atoms with E-state index >= 15 is 0 Å². The number of anilines is 1. The van der Waals surface area contributed by atoms with Crippen molar-refractivity contribution in [3.8, 4) is 0 Å². The smallest absolute Gasteiger partial charge is 0.340 e. The van der Waals surface area contributed by atoms with Crippen LogP contribution >= 0.6 is 0 Å². The third-order valence-electron chi connectivity index (χ3n) is 4.64. The van der Waals surface area contributed by atoms with Crippen molar-refractivity contribution in [2.45, 2.75) is 32.6 Å². The molecule has 1 aromatic carbocycles. The predicted molar refractivity (Wildman–Crippen MR) is 98.8 cm³/mol. The fraction of sp³-hybridized carbons (Fsp3) is 0.579. The van der Waals surface area contributed by atoms with Gasteiger partial charge in [-0.2, -0.15) is 0 Å². The van der Waals surface area contributed by atoms with Gasteiger partial charge in [0.05, 0.1) is 18.4 Å². The Morgan fingerprint density at radius 2 is 2.04 bits per heavy atom. The Balaban J connectivity index is 1.74. The SMILES string of the molecule is COC(=O)c1cc(NC(=O)NCCCCN2CCC[C@H](C)C2)c(F)cc1F. The number of halogens is 2. The van der Waals surface area contributed by atoms with Gasteiger partial charge in [-0.1, -0.05) is 6.92 Å². The summed E-state index contributed by atoms with van der Waals surface area (Å²) in [5, 5.41) is 4.93. The zero-order chi connectivity index (χ0) is 19.8. The number of ether oxygens (including phenoxy) is 1. The normalized spacial score (nSPS) is 17.4. The molecule has 0 aliphatic carbocycles. The lowest BCUT2D eigenvalue weighted by Gasteiger charge is -2.30. The van der Waals surface area contributed by atoms with Gasteiger partial charge in [0.2, 0.25) is 0 Å². The molecule has 1 aromatic rings. The van der Waals surface area contributed by atoms with Crippen molar-refractivity contribution < 1.29 is 23.1 Å². The summed E-state index contributed by atoms with van der Waals surface area (Å²) >= 11 is 0. The molecule has 0 spiro atoms. The van der Waals surface area contributed by atoms with E-state index in [4.69, 9.17) is 0 Å². The highest BCUT2D eigenvalue weighted by atomic mass is 19.1. The van der Waals surface area contributed by atoms with E-state index in [2.05, 4.69) is 27.2 Å². The van der Waals surface area contributed by atoms with Crippen LogP contribution in [0.2, 0.25) is 0 Å². The molecule has 1 saturated heterocycles. The topological polar surface area (TPSA) is 70.7 Å². The number of nitrogens with zero attached hydrogens (tertiary/aromatic N) is 1. The van der Waals surface area contributed by atoms with Gasteiger partial charge in [0.1, 0.15) is 11.6 Å². The number of nitrogens with one attached hydrogen (secondary N) is 2. The fourth-order valence-corrected chi connectivity index (χ4v) is 3.23. The zero-order valence-corrected chi connectivity index (χ0v) is 15.8. The summed E-state index contributed by atoms with van der Waals surface area (Å²) in [4.78, 5) is 25.8. The third kappa shape index (κ3) is 6.46. The van der Waals surface area contributed by atoms with E-state index in [1.807, 2.05) is 0 Å². The van der Waals surface area contributed by atoms with Gasteiger partial charge in [0.25, 0.3) is 0 Å². The predicted octanol–water partition coefficient (Wildman–Crippen LogP) is 3.39. The molecule has 150 valence electrons. The number of benzene rings is 1. The van der Waals surface area contributed by atoms with Crippen molar-refractivity contribution in [2.24, 2.45) is 5.92 Å². The number of hydrogen-bond acceptors (Lipinski definition) is 4. The average Bonchev–Trinajstić information content (AvgIpc) is 2.63. The minimum atomic E-state index is -1.04. The molecule has 6 nitrogen and oxygen atoms in total. The molecule has 1 fully saturated rings. The zero-order valence-electron chi connectivity index (χ0n) is 15.8. The molecule has 0 bridgehead atoms. The van der Waals surface area contributed by atoms with Crippen molar-refractivity contribution in [1.29, 1.82) is 0 Å². The number of unbranched alkanes of at least 4 members (excludes halogenated alkanes) is 1. The van der Waals surface area contributed by atoms with Crippen LogP contribution in [0.5, 0.6) is 0 Å². The summed E-state index contributed by atoms with van der Waals surface area (Å²) in [7, 11) is 1.09. The van der Waals surface area contributed by atoms with Crippen LogP contribution in [0.15, 0.2) is 12.1 Å². The quantitative estimate of drug-likeness (QED) is 0.559. The van der Waals surface area contributed by atoms with Crippen LogP contribution in [0.1, 0.15) is 43.0 Å². The number of esters is 1. The van der Waals surface area contributed by atoms with Gasteiger partial charge in [0, 0.05) is 19.2 Å². The second-order valence-electron chi connectivity index (χ2n) is 6.94. The van der Waals surface area contributed by atoms with E-state index in [0.29, 0.717) is 12.6 Å². The molecule has 27 heavy (non-hydrogen) atoms. The minimum absolute atomic E-state index is 0.281. The summed E-state index contributed by atoms with van der Waals surface area (Å²) in [6.07, 6.45) is 4.29. The highest BCUT2D eigenvalue weighted by Crippen LogP contribution is 2.20. The molecule has 0 radical (unpaired) electrons. The third-order valence-corrected chi connectivity index (χ3v) is 4.64. The first kappa shape index (κ1) is 21.1. The Bertz CT molecular complexity index is 670. The van der Waals surface area contributed by atoms with E-state index in [0.717, 1.165) is 51.6 Å². The maximum absolute atomic E-state index is 13.8. The van der Waals surface area contributed by atoms with E-state index in [1.165, 1.54) is 12.8 Å². The summed E-state index contributed by atoms with van der Waals surface area (Å²) in [6, 6.07) is 0.859. The highest BCUT2D eigenvalue weighted by Gasteiger charge is 2.18. The van der Waals surface area contributed by atoms with Crippen LogP contribution in [-0.4, -0.2) is 50.2 Å². The molecule has 0 unspecified atom stereocenters. The first-order valence-electron chi connectivity index (χ1n) is 9.25. The molecule has 8 heteroatoms. The highest BCUT2D eigenvalue weighted by molar-refractivity contribution is 5.94. The maximum Gasteiger partial charge on any atom is 0.340 e. The second kappa shape index (κ2) is 10.2. The standard InChI is InChI=1S/C19H27F2N3O3/c1-13-6-5-9-24(12-13)8-4-3-7-22-19(26)23-17-10-14(18(25)27-2)15(20)11-16(17)21/h10-11,13H,3-9,12H2,1-2H3,(H2,22,23,26)/t13-/m0/s1. The Hall–Kier alpha value is -2.22. The number of piperidine rings is 1. The molecular weight excluding hydrogens is 356 g/mol. The van der Waals surface area contributed by atoms with Crippen LogP contribution in [0.3, 0.4) is 0 Å². The van der Waals surface area contributed by atoms with Gasteiger partial charge in [-0.3, -0.25) is 0 Å². The molecular formula is C19H27F2N3O3. The van der Waals surface area contributed by atoms with Gasteiger partial charge in [-0.15, -0.1) is 0 Å². The number of likely N-dealkylation sites (tertiary alicyclic amines) is 1. The van der Waals surface area contributed by atoms with E-state index < -0.39 is 29.2 Å². The largest absolute Gasteiger partial charge is 0.465 e. The van der Waals surface area contributed by atoms with Gasteiger partial charge in [-0.25, -0.2) is 18.4 Å². The van der Waals surface area contributed by atoms with Crippen molar-refractivity contribution in [2.75, 3.05) is 38.6 Å². The number of carbonyl (C=O) groups excluding carboxylic acids is 2. The molecule has 0 aromatic heterocycles. The summed E-state index contributed by atoms with van der Waals surface area (Å²) < 4.78 is 31.8. The van der Waals surface area contributed by atoms with Crippen LogP contribution < -0.4 is 10.6 Å². The molecule has 2 rings (SSSR count). The van der Waals surface area contributed by atoms with E-state index in [-0.39, 0.29) is 5.69 Å². The van der Waals surface area contributed by atoms with E-state index in [9.17, 15) is 18.4 Å². The molecule has 1 aliphatic rings. The Labute approximate surface area is 158 Å². The Morgan fingerprint density at radius 1 is 1.26 bits per heavy atom. The maximum atomic E-state index is 13.8. The lowest BCUT2D eigenvalue weighted by atomic mass is 10.0. The minimum Gasteiger partial charge on any atom is -0.465 e. The summed E-state index contributed by atoms with van der Waals surface area (Å²) in [5.41, 5.74) is -0.721. The number of urea groups is 1. The second-order valence-corrected chi connectivity index (χ2v) is 6.94. The van der Waals surface area contributed by atoms with Gasteiger partial charge in [-0.05, 0) is 50.8 Å². The van der Waals surface area contributed by atoms with Crippen LogP contribution in [-0.2, 0) is 4.74 Å². The first-order valence-corrected chi connectivity index (χ1v) is 9.25. The first-order chi connectivity index (χ1) is 12.9. The van der Waals surface area contributed by atoms with Crippen molar-refractivity contribution in [3.63, 3.8) is 0 Å².